The Kier molecular flexibility index (Phi) is 5.74. The zero-order chi connectivity index (χ0) is 13.5. The molecule has 0 fully saturated rings. The van der Waals surface area contributed by atoms with Crippen LogP contribution in [0.1, 0.15) is 24.5 Å². The molecule has 0 atom stereocenters. The summed E-state index contributed by atoms with van der Waals surface area (Å²) >= 11 is 4.99. The number of ether oxygens (including phenoxy) is 1. The molecule has 0 spiro atoms. The molecular formula is C13H18N2O2S. The van der Waals surface area contributed by atoms with Crippen molar-refractivity contribution in [1.82, 2.24) is 0 Å². The highest BCUT2D eigenvalue weighted by atomic mass is 32.1. The van der Waals surface area contributed by atoms with E-state index in [9.17, 15) is 4.79 Å². The fourth-order valence-electron chi connectivity index (χ4n) is 1.59. The van der Waals surface area contributed by atoms with Crippen LogP contribution in [-0.4, -0.2) is 24.1 Å². The number of rotatable bonds is 6. The summed E-state index contributed by atoms with van der Waals surface area (Å²) in [7, 11) is 0. The van der Waals surface area contributed by atoms with Gasteiger partial charge < -0.3 is 15.8 Å². The van der Waals surface area contributed by atoms with E-state index in [1.807, 2.05) is 26.0 Å². The third kappa shape index (κ3) is 4.09. The number of nitrogens with one attached hydrogen (secondary N) is 1. The summed E-state index contributed by atoms with van der Waals surface area (Å²) in [6, 6.07) is 5.52. The molecule has 0 aliphatic heterocycles. The van der Waals surface area contributed by atoms with Crippen LogP contribution in [-0.2, 0) is 9.53 Å². The highest BCUT2D eigenvalue weighted by Crippen LogP contribution is 2.19. The average molecular weight is 266 g/mol. The number of benzene rings is 1. The molecule has 0 saturated carbocycles. The van der Waals surface area contributed by atoms with Crippen LogP contribution in [0.5, 0.6) is 0 Å². The van der Waals surface area contributed by atoms with E-state index < -0.39 is 0 Å². The summed E-state index contributed by atoms with van der Waals surface area (Å²) in [5, 5.41) is 2.76. The maximum Gasteiger partial charge on any atom is 0.250 e. The molecule has 5 heteroatoms. The Labute approximate surface area is 113 Å². The van der Waals surface area contributed by atoms with E-state index in [0.717, 1.165) is 12.0 Å². The number of aryl methyl sites for hydroxylation is 1. The van der Waals surface area contributed by atoms with E-state index in [-0.39, 0.29) is 17.5 Å². The molecule has 98 valence electrons. The van der Waals surface area contributed by atoms with Crippen molar-refractivity contribution in [2.75, 3.05) is 18.5 Å². The first-order valence-corrected chi connectivity index (χ1v) is 6.24. The predicted molar refractivity (Wildman–Crippen MR) is 76.8 cm³/mol. The minimum atomic E-state index is -0.202. The molecule has 0 aliphatic carbocycles. The normalized spacial score (nSPS) is 10.1. The van der Waals surface area contributed by atoms with Crippen LogP contribution in [0.2, 0.25) is 0 Å². The highest BCUT2D eigenvalue weighted by molar-refractivity contribution is 7.80. The highest BCUT2D eigenvalue weighted by Gasteiger charge is 2.10. The molecule has 1 rings (SSSR count). The van der Waals surface area contributed by atoms with Crippen LogP contribution in [0, 0.1) is 6.92 Å². The molecule has 0 saturated heterocycles. The molecule has 0 radical (unpaired) electrons. The smallest absolute Gasteiger partial charge is 0.250 e. The van der Waals surface area contributed by atoms with Gasteiger partial charge in [-0.15, -0.1) is 0 Å². The lowest BCUT2D eigenvalue weighted by Crippen LogP contribution is -2.22. The van der Waals surface area contributed by atoms with Crippen molar-refractivity contribution in [3.05, 3.63) is 29.3 Å². The molecule has 1 aromatic carbocycles. The first kappa shape index (κ1) is 14.6. The van der Waals surface area contributed by atoms with Gasteiger partial charge in [0.1, 0.15) is 11.6 Å². The molecule has 0 heterocycles. The van der Waals surface area contributed by atoms with Gasteiger partial charge in [0.2, 0.25) is 5.91 Å². The topological polar surface area (TPSA) is 64.3 Å². The lowest BCUT2D eigenvalue weighted by molar-refractivity contribution is -0.120. The molecule has 4 nitrogen and oxygen atoms in total. The first-order chi connectivity index (χ1) is 8.56. The van der Waals surface area contributed by atoms with E-state index in [1.165, 1.54) is 0 Å². The van der Waals surface area contributed by atoms with Crippen LogP contribution in [0.15, 0.2) is 18.2 Å². The number of carbonyl (C=O) groups is 1. The minimum Gasteiger partial charge on any atom is -0.389 e. The second-order valence-corrected chi connectivity index (χ2v) is 4.40. The van der Waals surface area contributed by atoms with Crippen molar-refractivity contribution in [3.63, 3.8) is 0 Å². The van der Waals surface area contributed by atoms with E-state index in [4.69, 9.17) is 22.7 Å². The maximum atomic E-state index is 11.7. The Balaban J connectivity index is 2.75. The second-order valence-electron chi connectivity index (χ2n) is 3.96. The Morgan fingerprint density at radius 3 is 2.83 bits per heavy atom. The number of carbonyl (C=O) groups excluding carboxylic acids is 1. The van der Waals surface area contributed by atoms with Gasteiger partial charge in [-0.05, 0) is 25.0 Å². The molecule has 1 aromatic rings. The Hall–Kier alpha value is -1.46. The van der Waals surface area contributed by atoms with Gasteiger partial charge in [-0.25, -0.2) is 0 Å². The standard InChI is InChI=1S/C13H18N2O2S/c1-3-7-17-8-11(16)15-10-6-4-5-9(2)12(10)13(14)18/h4-6H,3,7-8H2,1-2H3,(H2,14,18)(H,15,16). The summed E-state index contributed by atoms with van der Waals surface area (Å²) < 4.78 is 5.17. The van der Waals surface area contributed by atoms with Crippen molar-refractivity contribution in [2.45, 2.75) is 20.3 Å². The van der Waals surface area contributed by atoms with E-state index in [2.05, 4.69) is 5.32 Å². The Morgan fingerprint density at radius 2 is 2.22 bits per heavy atom. The summed E-state index contributed by atoms with van der Waals surface area (Å²) in [5.74, 6) is -0.202. The number of thiocarbonyl (C=S) groups is 1. The van der Waals surface area contributed by atoms with Crippen molar-refractivity contribution in [1.29, 1.82) is 0 Å². The number of amides is 1. The summed E-state index contributed by atoms with van der Waals surface area (Å²) in [6.07, 6.45) is 0.885. The third-order valence-electron chi connectivity index (χ3n) is 2.37. The van der Waals surface area contributed by atoms with Crippen LogP contribution >= 0.6 is 12.2 Å². The summed E-state index contributed by atoms with van der Waals surface area (Å²) in [4.78, 5) is 11.9. The monoisotopic (exact) mass is 266 g/mol. The number of hydrogen-bond acceptors (Lipinski definition) is 3. The van der Waals surface area contributed by atoms with Crippen LogP contribution < -0.4 is 11.1 Å². The zero-order valence-corrected chi connectivity index (χ0v) is 11.5. The second kappa shape index (κ2) is 7.08. The lowest BCUT2D eigenvalue weighted by Gasteiger charge is -2.12. The Morgan fingerprint density at radius 1 is 1.50 bits per heavy atom. The van der Waals surface area contributed by atoms with Gasteiger partial charge >= 0.3 is 0 Å². The quantitative estimate of drug-likeness (QED) is 0.610. The fourth-order valence-corrected chi connectivity index (χ4v) is 1.87. The SMILES string of the molecule is CCCOCC(=O)Nc1cccc(C)c1C(N)=S. The van der Waals surface area contributed by atoms with Crippen LogP contribution in [0.3, 0.4) is 0 Å². The van der Waals surface area contributed by atoms with E-state index in [1.54, 1.807) is 6.07 Å². The molecule has 0 bridgehead atoms. The van der Waals surface area contributed by atoms with Gasteiger partial charge in [0.25, 0.3) is 0 Å². The van der Waals surface area contributed by atoms with Gasteiger partial charge in [-0.1, -0.05) is 31.3 Å². The summed E-state index contributed by atoms with van der Waals surface area (Å²) in [6.45, 7) is 4.50. The molecule has 1 amide bonds. The minimum absolute atomic E-state index is 0.0402. The van der Waals surface area contributed by atoms with Gasteiger partial charge in [-0.2, -0.15) is 0 Å². The van der Waals surface area contributed by atoms with Gasteiger partial charge in [0.15, 0.2) is 0 Å². The van der Waals surface area contributed by atoms with Crippen LogP contribution in [0.4, 0.5) is 5.69 Å². The molecule has 0 unspecified atom stereocenters. The van der Waals surface area contributed by atoms with Crippen molar-refractivity contribution in [3.8, 4) is 0 Å². The Bertz CT molecular complexity index is 447. The molecule has 0 aliphatic rings. The van der Waals surface area contributed by atoms with Gasteiger partial charge in [0, 0.05) is 12.2 Å². The molecule has 0 aromatic heterocycles. The first-order valence-electron chi connectivity index (χ1n) is 5.83. The average Bonchev–Trinajstić information content (AvgIpc) is 2.28. The van der Waals surface area contributed by atoms with Crippen molar-refractivity contribution >= 4 is 28.8 Å². The zero-order valence-electron chi connectivity index (χ0n) is 10.7. The number of anilines is 1. The van der Waals surface area contributed by atoms with E-state index >= 15 is 0 Å². The van der Waals surface area contributed by atoms with Crippen LogP contribution in [0.25, 0.3) is 0 Å². The van der Waals surface area contributed by atoms with Gasteiger partial charge in [-0.3, -0.25) is 4.79 Å². The largest absolute Gasteiger partial charge is 0.389 e. The maximum absolute atomic E-state index is 11.7. The molecular weight excluding hydrogens is 248 g/mol. The molecule has 3 N–H and O–H groups in total. The van der Waals surface area contributed by atoms with E-state index in [0.29, 0.717) is 17.9 Å². The summed E-state index contributed by atoms with van der Waals surface area (Å²) in [5.41, 5.74) is 7.94. The predicted octanol–water partition coefficient (Wildman–Crippen LogP) is 1.99. The van der Waals surface area contributed by atoms with Gasteiger partial charge in [0.05, 0.1) is 5.69 Å². The third-order valence-corrected chi connectivity index (χ3v) is 2.58. The van der Waals surface area contributed by atoms with Crippen molar-refractivity contribution < 1.29 is 9.53 Å². The number of hydrogen-bond donors (Lipinski definition) is 2. The van der Waals surface area contributed by atoms with Crippen molar-refractivity contribution in [2.24, 2.45) is 5.73 Å². The fraction of sp³-hybridized carbons (Fsp3) is 0.385. The molecule has 18 heavy (non-hydrogen) atoms. The lowest BCUT2D eigenvalue weighted by atomic mass is 10.1. The number of nitrogens with two attached hydrogens (primary N) is 1.